The Morgan fingerprint density at radius 1 is 0.913 bits per heavy atom. The van der Waals surface area contributed by atoms with Gasteiger partial charge in [0.2, 0.25) is 0 Å². The Bertz CT molecular complexity index is 454. The molecule has 0 fully saturated rings. The van der Waals surface area contributed by atoms with Crippen LogP contribution < -0.4 is 3.58 Å². The van der Waals surface area contributed by atoms with Crippen molar-refractivity contribution in [1.29, 1.82) is 0 Å². The molecule has 0 saturated heterocycles. The van der Waals surface area contributed by atoms with Gasteiger partial charge in [-0.1, -0.05) is 0 Å². The van der Waals surface area contributed by atoms with Crippen molar-refractivity contribution >= 4 is 33.3 Å². The van der Waals surface area contributed by atoms with Crippen LogP contribution >= 0.6 is 11.3 Å². The fraction of sp³-hybridized carbons (Fsp3) is 0.684. The molecular weight excluding hydrogens is 411 g/mol. The molecule has 0 N–H and O–H groups in total. The number of rotatable bonds is 11. The van der Waals surface area contributed by atoms with Crippen molar-refractivity contribution in [3.63, 3.8) is 0 Å². The molecule has 1 aromatic heterocycles. The van der Waals surface area contributed by atoms with Gasteiger partial charge >= 0.3 is 151 Å². The minimum absolute atomic E-state index is 0.193. The summed E-state index contributed by atoms with van der Waals surface area (Å²) < 4.78 is 17.4. The second-order valence-corrected chi connectivity index (χ2v) is 20.9. The van der Waals surface area contributed by atoms with E-state index >= 15 is 0 Å². The summed E-state index contributed by atoms with van der Waals surface area (Å²) in [5.41, 5.74) is 0. The van der Waals surface area contributed by atoms with E-state index in [1.807, 2.05) is 11.3 Å². The molecule has 0 saturated carbocycles. The third kappa shape index (κ3) is 5.15. The van der Waals surface area contributed by atoms with Crippen LogP contribution in [-0.4, -0.2) is 18.4 Å². The number of hydrogen-bond donors (Lipinski definition) is 0. The third-order valence-electron chi connectivity index (χ3n) is 4.95. The van der Waals surface area contributed by atoms with E-state index < -0.39 is 18.4 Å². The molecule has 2 rings (SSSR count). The summed E-state index contributed by atoms with van der Waals surface area (Å²) in [4.78, 5) is 1.25. The SMILES string of the molecule is CCC[CH2][Sn]([CH2]CCC)([CH2]CCC)[c]1csc(C2OC=CO2)c1. The predicted octanol–water partition coefficient (Wildman–Crippen LogP) is 6.32. The van der Waals surface area contributed by atoms with Crippen LogP contribution in [0, 0.1) is 0 Å². The Labute approximate surface area is 150 Å². The zero-order valence-electron chi connectivity index (χ0n) is 15.0. The van der Waals surface area contributed by atoms with Gasteiger partial charge in [-0.3, -0.25) is 0 Å². The zero-order chi connectivity index (χ0) is 16.5. The van der Waals surface area contributed by atoms with Crippen molar-refractivity contribution < 1.29 is 9.47 Å². The topological polar surface area (TPSA) is 18.5 Å². The molecule has 2 nitrogen and oxygen atoms in total. The van der Waals surface area contributed by atoms with E-state index in [1.165, 1.54) is 56.7 Å². The van der Waals surface area contributed by atoms with Gasteiger partial charge in [-0.15, -0.1) is 0 Å². The van der Waals surface area contributed by atoms with Crippen LogP contribution in [0.1, 0.15) is 70.5 Å². The average molecular weight is 443 g/mol. The molecule has 0 unspecified atom stereocenters. The molecule has 0 atom stereocenters. The molecule has 130 valence electrons. The number of ether oxygens (including phenoxy) is 2. The molecule has 0 spiro atoms. The van der Waals surface area contributed by atoms with Crippen molar-refractivity contribution in [2.24, 2.45) is 0 Å². The minimum atomic E-state index is -2.27. The summed E-state index contributed by atoms with van der Waals surface area (Å²) >= 11 is -0.438. The van der Waals surface area contributed by atoms with E-state index in [9.17, 15) is 0 Å². The Hall–Kier alpha value is -0.161. The number of thiophene rings is 1. The summed E-state index contributed by atoms with van der Waals surface area (Å²) in [5.74, 6) is 0. The van der Waals surface area contributed by atoms with Gasteiger partial charge in [-0.05, 0) is 0 Å². The van der Waals surface area contributed by atoms with Crippen molar-refractivity contribution in [3.8, 4) is 0 Å². The first-order valence-electron chi connectivity index (χ1n) is 9.30. The van der Waals surface area contributed by atoms with E-state index in [0.29, 0.717) is 0 Å². The molecule has 0 amide bonds. The monoisotopic (exact) mass is 444 g/mol. The van der Waals surface area contributed by atoms with Gasteiger partial charge in [0, 0.05) is 0 Å². The summed E-state index contributed by atoms with van der Waals surface area (Å²) in [7, 11) is 0. The van der Waals surface area contributed by atoms with Crippen molar-refractivity contribution in [2.75, 3.05) is 0 Å². The van der Waals surface area contributed by atoms with Crippen LogP contribution in [0.4, 0.5) is 0 Å². The Morgan fingerprint density at radius 2 is 1.43 bits per heavy atom. The maximum atomic E-state index is 5.54. The van der Waals surface area contributed by atoms with Gasteiger partial charge in [0.25, 0.3) is 0 Å². The van der Waals surface area contributed by atoms with Gasteiger partial charge in [0.15, 0.2) is 0 Å². The summed E-state index contributed by atoms with van der Waals surface area (Å²) in [6, 6.07) is 2.44. The zero-order valence-corrected chi connectivity index (χ0v) is 18.6. The number of hydrogen-bond acceptors (Lipinski definition) is 3. The van der Waals surface area contributed by atoms with Crippen molar-refractivity contribution in [2.45, 2.75) is 78.9 Å². The molecule has 1 aliphatic rings. The first-order valence-corrected chi connectivity index (χ1v) is 17.7. The molecule has 0 aliphatic carbocycles. The molecule has 0 bridgehead atoms. The Morgan fingerprint density at radius 3 is 1.91 bits per heavy atom. The van der Waals surface area contributed by atoms with Gasteiger partial charge in [-0.2, -0.15) is 0 Å². The molecule has 4 heteroatoms. The summed E-state index contributed by atoms with van der Waals surface area (Å²) in [5, 5.41) is 2.46. The van der Waals surface area contributed by atoms with Gasteiger partial charge in [0.1, 0.15) is 0 Å². The third-order valence-corrected chi connectivity index (χ3v) is 22.0. The van der Waals surface area contributed by atoms with Crippen LogP contribution in [0.2, 0.25) is 13.3 Å². The molecular formula is C19H32O2SSn. The van der Waals surface area contributed by atoms with Gasteiger partial charge in [0.05, 0.1) is 0 Å². The Kier molecular flexibility index (Phi) is 8.31. The first-order chi connectivity index (χ1) is 11.3. The molecule has 23 heavy (non-hydrogen) atoms. The fourth-order valence-electron chi connectivity index (χ4n) is 3.48. The average Bonchev–Trinajstić information content (AvgIpc) is 3.25. The molecule has 2 heterocycles. The molecule has 1 aromatic rings. The normalized spacial score (nSPS) is 14.9. The molecule has 0 radical (unpaired) electrons. The van der Waals surface area contributed by atoms with E-state index in [0.717, 1.165) is 0 Å². The molecule has 1 aliphatic heterocycles. The Balaban J connectivity index is 2.21. The van der Waals surface area contributed by atoms with E-state index in [4.69, 9.17) is 9.47 Å². The van der Waals surface area contributed by atoms with Crippen molar-refractivity contribution in [1.82, 2.24) is 0 Å². The van der Waals surface area contributed by atoms with Crippen LogP contribution in [0.5, 0.6) is 0 Å². The van der Waals surface area contributed by atoms with Gasteiger partial charge < -0.3 is 0 Å². The molecule has 0 aromatic carbocycles. The maximum absolute atomic E-state index is 5.54. The van der Waals surface area contributed by atoms with Crippen LogP contribution in [0.15, 0.2) is 24.0 Å². The second-order valence-electron chi connectivity index (χ2n) is 6.70. The second kappa shape index (κ2) is 9.97. The van der Waals surface area contributed by atoms with E-state index in [-0.39, 0.29) is 6.29 Å². The van der Waals surface area contributed by atoms with Crippen molar-refractivity contribution in [3.05, 3.63) is 28.8 Å². The first kappa shape index (κ1) is 19.2. The van der Waals surface area contributed by atoms with E-state index in [2.05, 4.69) is 32.2 Å². The van der Waals surface area contributed by atoms with Crippen LogP contribution in [-0.2, 0) is 9.47 Å². The quantitative estimate of drug-likeness (QED) is 0.373. The van der Waals surface area contributed by atoms with Crippen LogP contribution in [0.25, 0.3) is 0 Å². The van der Waals surface area contributed by atoms with Gasteiger partial charge in [-0.25, -0.2) is 0 Å². The van der Waals surface area contributed by atoms with E-state index in [1.54, 1.807) is 16.1 Å². The predicted molar refractivity (Wildman–Crippen MR) is 103 cm³/mol. The van der Waals surface area contributed by atoms with Crippen LogP contribution in [0.3, 0.4) is 0 Å². The summed E-state index contributed by atoms with van der Waals surface area (Å²) in [6.45, 7) is 7.00. The fourth-order valence-corrected chi connectivity index (χ4v) is 22.2. The standard InChI is InChI=1S/C7H5O2S.3C4H9.Sn/c1-2-6(10-5-1)7-8-3-4-9-7;3*1-3-4-2;/h2-5,7H;3*1,3-4H2,2H3;. The summed E-state index contributed by atoms with van der Waals surface area (Å²) in [6.07, 6.45) is 11.3. The number of unbranched alkanes of at least 4 members (excludes halogenated alkanes) is 3.